The molecule has 0 radical (unpaired) electrons. The predicted octanol–water partition coefficient (Wildman–Crippen LogP) is 3.73. The van der Waals surface area contributed by atoms with Crippen LogP contribution in [0.1, 0.15) is 32.8 Å². The molecule has 0 unspecified atom stereocenters. The lowest BCUT2D eigenvalue weighted by Crippen LogP contribution is -2.26. The molecule has 0 N–H and O–H groups in total. The van der Waals surface area contributed by atoms with Gasteiger partial charge in [0.2, 0.25) is 0 Å². The SMILES string of the molecule is CC(C)(C)OC(=O)n1ccc2cc(CCC3OCCO3)ccc21. The van der Waals surface area contributed by atoms with Crippen LogP contribution in [0.5, 0.6) is 0 Å². The third-order valence-electron chi connectivity index (χ3n) is 3.70. The molecule has 1 aliphatic heterocycles. The Hall–Kier alpha value is -1.85. The maximum absolute atomic E-state index is 12.2. The van der Waals surface area contributed by atoms with Crippen LogP contribution >= 0.6 is 0 Å². The normalized spacial score (nSPS) is 16.1. The first-order valence-corrected chi connectivity index (χ1v) is 7.99. The second kappa shape index (κ2) is 6.34. The van der Waals surface area contributed by atoms with Gasteiger partial charge >= 0.3 is 6.09 Å². The molecule has 0 aliphatic carbocycles. The van der Waals surface area contributed by atoms with E-state index in [2.05, 4.69) is 6.07 Å². The number of fused-ring (bicyclic) bond motifs is 1. The smallest absolute Gasteiger partial charge is 0.418 e. The van der Waals surface area contributed by atoms with Gasteiger partial charge in [0, 0.05) is 18.0 Å². The highest BCUT2D eigenvalue weighted by Gasteiger charge is 2.19. The largest absolute Gasteiger partial charge is 0.443 e. The summed E-state index contributed by atoms with van der Waals surface area (Å²) in [6, 6.07) is 8.04. The van der Waals surface area contributed by atoms with E-state index in [0.717, 1.165) is 23.7 Å². The van der Waals surface area contributed by atoms with E-state index < -0.39 is 5.60 Å². The summed E-state index contributed by atoms with van der Waals surface area (Å²) in [7, 11) is 0. The summed E-state index contributed by atoms with van der Waals surface area (Å²) in [4.78, 5) is 12.2. The van der Waals surface area contributed by atoms with Crippen LogP contribution in [0, 0.1) is 0 Å². The summed E-state index contributed by atoms with van der Waals surface area (Å²) in [5.74, 6) is 0. The highest BCUT2D eigenvalue weighted by Crippen LogP contribution is 2.21. The number of rotatable bonds is 3. The van der Waals surface area contributed by atoms with E-state index in [4.69, 9.17) is 14.2 Å². The first-order chi connectivity index (χ1) is 10.9. The molecule has 124 valence electrons. The molecule has 1 aromatic carbocycles. The van der Waals surface area contributed by atoms with E-state index in [1.165, 1.54) is 5.56 Å². The molecular formula is C18H23NO4. The number of hydrogen-bond donors (Lipinski definition) is 0. The average molecular weight is 317 g/mol. The summed E-state index contributed by atoms with van der Waals surface area (Å²) >= 11 is 0. The molecular weight excluding hydrogens is 294 g/mol. The summed E-state index contributed by atoms with van der Waals surface area (Å²) < 4.78 is 17.9. The number of aromatic nitrogens is 1. The maximum Gasteiger partial charge on any atom is 0.418 e. The van der Waals surface area contributed by atoms with Crippen LogP contribution in [0.15, 0.2) is 30.5 Å². The highest BCUT2D eigenvalue weighted by molar-refractivity contribution is 5.89. The Labute approximate surface area is 136 Å². The fraction of sp³-hybridized carbons (Fsp3) is 0.500. The second-order valence-electron chi connectivity index (χ2n) is 6.77. The number of benzene rings is 1. The number of ether oxygens (including phenoxy) is 3. The van der Waals surface area contributed by atoms with Gasteiger partial charge in [-0.25, -0.2) is 4.79 Å². The van der Waals surface area contributed by atoms with Gasteiger partial charge in [0.25, 0.3) is 0 Å². The van der Waals surface area contributed by atoms with Gasteiger partial charge in [-0.05, 0) is 51.0 Å². The molecule has 5 heteroatoms. The molecule has 0 amide bonds. The van der Waals surface area contributed by atoms with E-state index in [1.807, 2.05) is 39.0 Å². The van der Waals surface area contributed by atoms with Gasteiger partial charge in [-0.15, -0.1) is 0 Å². The Kier molecular flexibility index (Phi) is 4.41. The van der Waals surface area contributed by atoms with Gasteiger partial charge < -0.3 is 14.2 Å². The lowest BCUT2D eigenvalue weighted by molar-refractivity contribution is -0.0461. The molecule has 0 saturated carbocycles. The number of carbonyl (C=O) groups is 1. The van der Waals surface area contributed by atoms with Crippen molar-refractivity contribution < 1.29 is 19.0 Å². The predicted molar refractivity (Wildman–Crippen MR) is 87.6 cm³/mol. The van der Waals surface area contributed by atoms with Crippen molar-refractivity contribution in [2.75, 3.05) is 13.2 Å². The van der Waals surface area contributed by atoms with Crippen molar-refractivity contribution >= 4 is 17.0 Å². The van der Waals surface area contributed by atoms with Crippen molar-refractivity contribution in [2.24, 2.45) is 0 Å². The van der Waals surface area contributed by atoms with E-state index in [9.17, 15) is 4.79 Å². The molecule has 1 aliphatic rings. The second-order valence-corrected chi connectivity index (χ2v) is 6.77. The van der Waals surface area contributed by atoms with E-state index in [-0.39, 0.29) is 12.4 Å². The monoisotopic (exact) mass is 317 g/mol. The summed E-state index contributed by atoms with van der Waals surface area (Å²) in [5, 5.41) is 1.03. The molecule has 5 nitrogen and oxygen atoms in total. The quantitative estimate of drug-likeness (QED) is 0.865. The zero-order chi connectivity index (χ0) is 16.4. The van der Waals surface area contributed by atoms with Crippen molar-refractivity contribution in [3.8, 4) is 0 Å². The van der Waals surface area contributed by atoms with Gasteiger partial charge in [0.05, 0.1) is 18.7 Å². The Morgan fingerprint density at radius 3 is 2.70 bits per heavy atom. The summed E-state index contributed by atoms with van der Waals surface area (Å²) in [6.45, 7) is 6.95. The molecule has 1 saturated heterocycles. The fourth-order valence-electron chi connectivity index (χ4n) is 2.68. The van der Waals surface area contributed by atoms with Crippen molar-refractivity contribution in [2.45, 2.75) is 45.5 Å². The molecule has 2 heterocycles. The molecule has 0 bridgehead atoms. The molecule has 1 fully saturated rings. The number of aryl methyl sites for hydroxylation is 1. The Morgan fingerprint density at radius 1 is 1.26 bits per heavy atom. The summed E-state index contributed by atoms with van der Waals surface area (Å²) in [5.41, 5.74) is 1.56. The van der Waals surface area contributed by atoms with Crippen LogP contribution in [0.4, 0.5) is 4.79 Å². The Bertz CT molecular complexity index is 693. The van der Waals surface area contributed by atoms with Gasteiger partial charge in [-0.3, -0.25) is 4.57 Å². The lowest BCUT2D eigenvalue weighted by atomic mass is 10.1. The number of carbonyl (C=O) groups excluding carboxylic acids is 1. The van der Waals surface area contributed by atoms with Crippen LogP contribution in [-0.4, -0.2) is 35.8 Å². The maximum atomic E-state index is 12.2. The molecule has 3 rings (SSSR count). The Morgan fingerprint density at radius 2 is 2.00 bits per heavy atom. The topological polar surface area (TPSA) is 49.7 Å². The molecule has 0 spiro atoms. The highest BCUT2D eigenvalue weighted by atomic mass is 16.7. The molecule has 1 aromatic heterocycles. The first kappa shape index (κ1) is 16.0. The van der Waals surface area contributed by atoms with Crippen molar-refractivity contribution in [1.82, 2.24) is 4.57 Å². The number of nitrogens with zero attached hydrogens (tertiary/aromatic N) is 1. The van der Waals surface area contributed by atoms with Gasteiger partial charge in [-0.2, -0.15) is 0 Å². The first-order valence-electron chi connectivity index (χ1n) is 7.99. The Balaban J connectivity index is 1.73. The van der Waals surface area contributed by atoms with Gasteiger partial charge in [0.1, 0.15) is 5.60 Å². The zero-order valence-electron chi connectivity index (χ0n) is 13.9. The van der Waals surface area contributed by atoms with Crippen molar-refractivity contribution in [3.63, 3.8) is 0 Å². The van der Waals surface area contributed by atoms with Crippen LogP contribution in [0.3, 0.4) is 0 Å². The van der Waals surface area contributed by atoms with Crippen LogP contribution < -0.4 is 0 Å². The van der Waals surface area contributed by atoms with Crippen molar-refractivity contribution in [1.29, 1.82) is 0 Å². The minimum atomic E-state index is -0.505. The van der Waals surface area contributed by atoms with Gasteiger partial charge in [0.15, 0.2) is 6.29 Å². The van der Waals surface area contributed by atoms with Crippen LogP contribution in [-0.2, 0) is 20.6 Å². The van der Waals surface area contributed by atoms with Crippen molar-refractivity contribution in [3.05, 3.63) is 36.0 Å². The molecule has 23 heavy (non-hydrogen) atoms. The fourth-order valence-corrected chi connectivity index (χ4v) is 2.68. The standard InChI is InChI=1S/C18H23NO4/c1-18(2,3)23-17(20)19-9-8-14-12-13(4-6-15(14)19)5-7-16-21-10-11-22-16/h4,6,8-9,12,16H,5,7,10-11H2,1-3H3. The van der Waals surface area contributed by atoms with E-state index >= 15 is 0 Å². The average Bonchev–Trinajstić information content (AvgIpc) is 3.12. The number of hydrogen-bond acceptors (Lipinski definition) is 4. The lowest BCUT2D eigenvalue weighted by Gasteiger charge is -2.19. The van der Waals surface area contributed by atoms with Gasteiger partial charge in [-0.1, -0.05) is 6.07 Å². The van der Waals surface area contributed by atoms with E-state index in [0.29, 0.717) is 13.2 Å². The van der Waals surface area contributed by atoms with Crippen LogP contribution in [0.25, 0.3) is 10.9 Å². The molecule has 0 atom stereocenters. The minimum Gasteiger partial charge on any atom is -0.443 e. The van der Waals surface area contributed by atoms with Crippen LogP contribution in [0.2, 0.25) is 0 Å². The van der Waals surface area contributed by atoms with E-state index in [1.54, 1.807) is 10.8 Å². The zero-order valence-corrected chi connectivity index (χ0v) is 13.9. The third-order valence-corrected chi connectivity index (χ3v) is 3.70. The molecule has 2 aromatic rings. The third kappa shape index (κ3) is 3.92. The summed E-state index contributed by atoms with van der Waals surface area (Å²) in [6.07, 6.45) is 3.05. The minimum absolute atomic E-state index is 0.0861.